The number of carbonyl (C=O) groups is 1. The topological polar surface area (TPSA) is 17.1 Å². The molecule has 0 atom stereocenters. The highest BCUT2D eigenvalue weighted by atomic mass is 19.4. The molecule has 0 amide bonds. The molecule has 4 aliphatic carbocycles. The minimum Gasteiger partial charge on any atom is -0.300 e. The zero-order valence-electron chi connectivity index (χ0n) is 11.8. The molecule has 20 heavy (non-hydrogen) atoms. The Morgan fingerprint density at radius 1 is 1.00 bits per heavy atom. The van der Waals surface area contributed by atoms with E-state index >= 15 is 0 Å². The van der Waals surface area contributed by atoms with E-state index in [9.17, 15) is 18.0 Å². The summed E-state index contributed by atoms with van der Waals surface area (Å²) in [5.41, 5.74) is 0.171. The summed E-state index contributed by atoms with van der Waals surface area (Å²) in [4.78, 5) is 12.0. The predicted octanol–water partition coefficient (Wildman–Crippen LogP) is 4.89. The van der Waals surface area contributed by atoms with Crippen molar-refractivity contribution in [1.82, 2.24) is 0 Å². The van der Waals surface area contributed by atoms with Gasteiger partial charge < -0.3 is 0 Å². The smallest absolute Gasteiger partial charge is 0.300 e. The number of Topliss-reactive ketones (excluding diaryl/α,β-unsaturated/α-hetero) is 1. The molecule has 0 heterocycles. The average molecular weight is 288 g/mol. The Morgan fingerprint density at radius 3 is 1.95 bits per heavy atom. The van der Waals surface area contributed by atoms with Gasteiger partial charge in [-0.05, 0) is 68.1 Å². The minimum absolute atomic E-state index is 0.0330. The fourth-order valence-corrected chi connectivity index (χ4v) is 5.50. The third kappa shape index (κ3) is 3.20. The lowest BCUT2D eigenvalue weighted by Crippen LogP contribution is -2.46. The van der Waals surface area contributed by atoms with Gasteiger partial charge in [-0.3, -0.25) is 4.79 Å². The summed E-state index contributed by atoms with van der Waals surface area (Å²) in [6, 6.07) is 0. The van der Waals surface area contributed by atoms with Crippen LogP contribution in [0.2, 0.25) is 0 Å². The first-order valence-corrected chi connectivity index (χ1v) is 7.92. The Morgan fingerprint density at radius 2 is 1.50 bits per heavy atom. The fourth-order valence-electron chi connectivity index (χ4n) is 5.50. The highest BCUT2D eigenvalue weighted by Crippen LogP contribution is 2.61. The number of rotatable bonds is 5. The molecule has 1 nitrogen and oxygen atoms in total. The standard InChI is InChI=1S/C16H23F3O/c17-16(18,19)3-1-2-14(20)10-15-7-11-4-12(8-15)6-13(5-11)9-15/h11-13H,1-10H2. The van der Waals surface area contributed by atoms with Crippen LogP contribution < -0.4 is 0 Å². The van der Waals surface area contributed by atoms with Gasteiger partial charge in [0.1, 0.15) is 5.78 Å². The summed E-state index contributed by atoms with van der Waals surface area (Å²) in [5.74, 6) is 2.45. The lowest BCUT2D eigenvalue weighted by molar-refractivity contribution is -0.138. The molecule has 114 valence electrons. The van der Waals surface area contributed by atoms with Crippen molar-refractivity contribution < 1.29 is 18.0 Å². The van der Waals surface area contributed by atoms with Crippen molar-refractivity contribution >= 4 is 5.78 Å². The maximum absolute atomic E-state index is 12.1. The molecule has 0 spiro atoms. The summed E-state index contributed by atoms with van der Waals surface area (Å²) in [7, 11) is 0. The van der Waals surface area contributed by atoms with Gasteiger partial charge in [-0.2, -0.15) is 13.2 Å². The molecule has 4 heteroatoms. The van der Waals surface area contributed by atoms with Crippen molar-refractivity contribution in [3.8, 4) is 0 Å². The van der Waals surface area contributed by atoms with Crippen molar-refractivity contribution in [2.75, 3.05) is 0 Å². The first-order chi connectivity index (χ1) is 9.34. The van der Waals surface area contributed by atoms with Gasteiger partial charge in [0.2, 0.25) is 0 Å². The zero-order valence-corrected chi connectivity index (χ0v) is 11.8. The van der Waals surface area contributed by atoms with Gasteiger partial charge in [0.25, 0.3) is 0 Å². The molecule has 0 aliphatic heterocycles. The molecule has 4 rings (SSSR count). The van der Waals surface area contributed by atoms with Crippen LogP contribution in [0.4, 0.5) is 13.2 Å². The number of hydrogen-bond acceptors (Lipinski definition) is 1. The molecular formula is C16H23F3O. The maximum Gasteiger partial charge on any atom is 0.389 e. The molecule has 4 bridgehead atoms. The Balaban J connectivity index is 1.51. The molecule has 0 N–H and O–H groups in total. The largest absolute Gasteiger partial charge is 0.389 e. The van der Waals surface area contributed by atoms with Crippen LogP contribution in [0.5, 0.6) is 0 Å². The van der Waals surface area contributed by atoms with Crippen LogP contribution in [0.1, 0.15) is 64.2 Å². The molecule has 0 aromatic rings. The van der Waals surface area contributed by atoms with Crippen LogP contribution in [-0.4, -0.2) is 12.0 Å². The SMILES string of the molecule is O=C(CCCC(F)(F)F)CC12CC3CC(CC(C3)C1)C2. The first-order valence-electron chi connectivity index (χ1n) is 7.92. The maximum atomic E-state index is 12.1. The normalized spacial score (nSPS) is 39.2. The van der Waals surface area contributed by atoms with E-state index in [0.717, 1.165) is 37.0 Å². The number of ketones is 1. The van der Waals surface area contributed by atoms with Gasteiger partial charge in [0.15, 0.2) is 0 Å². The van der Waals surface area contributed by atoms with Crippen LogP contribution in [-0.2, 0) is 4.79 Å². The van der Waals surface area contributed by atoms with Gasteiger partial charge in [0.05, 0.1) is 0 Å². The van der Waals surface area contributed by atoms with Crippen LogP contribution in [0, 0.1) is 23.2 Å². The van der Waals surface area contributed by atoms with Crippen LogP contribution >= 0.6 is 0 Å². The summed E-state index contributed by atoms with van der Waals surface area (Å²) >= 11 is 0. The van der Waals surface area contributed by atoms with Crippen LogP contribution in [0.25, 0.3) is 0 Å². The average Bonchev–Trinajstić information content (AvgIpc) is 2.23. The Labute approximate surface area is 118 Å². The van der Waals surface area contributed by atoms with Gasteiger partial charge in [-0.15, -0.1) is 0 Å². The monoisotopic (exact) mass is 288 g/mol. The molecule has 4 fully saturated rings. The second kappa shape index (κ2) is 5.03. The minimum atomic E-state index is -4.12. The van der Waals surface area contributed by atoms with E-state index in [0.29, 0.717) is 6.42 Å². The number of hydrogen-bond donors (Lipinski definition) is 0. The fraction of sp³-hybridized carbons (Fsp3) is 0.938. The second-order valence-electron chi connectivity index (χ2n) is 7.60. The third-order valence-electron chi connectivity index (χ3n) is 5.65. The van der Waals surface area contributed by atoms with E-state index in [1.165, 1.54) is 19.3 Å². The van der Waals surface area contributed by atoms with Crippen molar-refractivity contribution in [1.29, 1.82) is 0 Å². The van der Waals surface area contributed by atoms with Crippen LogP contribution in [0.3, 0.4) is 0 Å². The highest BCUT2D eigenvalue weighted by Gasteiger charge is 2.51. The van der Waals surface area contributed by atoms with E-state index in [4.69, 9.17) is 0 Å². The van der Waals surface area contributed by atoms with Gasteiger partial charge >= 0.3 is 6.18 Å². The summed E-state index contributed by atoms with van der Waals surface area (Å²) in [6.45, 7) is 0. The Kier molecular flexibility index (Phi) is 3.62. The molecule has 0 saturated heterocycles. The van der Waals surface area contributed by atoms with Crippen LogP contribution in [0.15, 0.2) is 0 Å². The number of halogens is 3. The van der Waals surface area contributed by atoms with Crippen molar-refractivity contribution in [2.45, 2.75) is 70.4 Å². The van der Waals surface area contributed by atoms with Crippen molar-refractivity contribution in [3.63, 3.8) is 0 Å². The molecule has 4 saturated carbocycles. The first kappa shape index (κ1) is 14.4. The van der Waals surface area contributed by atoms with E-state index in [-0.39, 0.29) is 24.0 Å². The van der Waals surface area contributed by atoms with Crippen molar-refractivity contribution in [2.24, 2.45) is 23.2 Å². The molecule has 0 aromatic carbocycles. The molecular weight excluding hydrogens is 265 g/mol. The molecule has 0 radical (unpaired) electrons. The molecule has 4 aliphatic rings. The molecule has 0 unspecified atom stereocenters. The molecule has 0 aromatic heterocycles. The Bertz CT molecular complexity index is 350. The van der Waals surface area contributed by atoms with Gasteiger partial charge in [-0.25, -0.2) is 0 Å². The van der Waals surface area contributed by atoms with E-state index in [1.807, 2.05) is 0 Å². The summed E-state index contributed by atoms with van der Waals surface area (Å²) < 4.78 is 36.3. The number of alkyl halides is 3. The predicted molar refractivity (Wildman–Crippen MR) is 70.1 cm³/mol. The van der Waals surface area contributed by atoms with Gasteiger partial charge in [-0.1, -0.05) is 0 Å². The van der Waals surface area contributed by atoms with E-state index in [2.05, 4.69) is 0 Å². The zero-order chi connectivity index (χ0) is 14.4. The Hall–Kier alpha value is -0.540. The van der Waals surface area contributed by atoms with Crippen molar-refractivity contribution in [3.05, 3.63) is 0 Å². The third-order valence-corrected chi connectivity index (χ3v) is 5.65. The summed E-state index contributed by atoms with van der Waals surface area (Å²) in [6.07, 6.45) is 3.16. The van der Waals surface area contributed by atoms with E-state index < -0.39 is 12.6 Å². The number of carbonyl (C=O) groups excluding carboxylic acids is 1. The second-order valence-corrected chi connectivity index (χ2v) is 7.60. The quantitative estimate of drug-likeness (QED) is 0.703. The lowest BCUT2D eigenvalue weighted by Gasteiger charge is -2.56. The lowest BCUT2D eigenvalue weighted by atomic mass is 9.48. The summed E-state index contributed by atoms with van der Waals surface area (Å²) in [5, 5.41) is 0. The van der Waals surface area contributed by atoms with Gasteiger partial charge in [0, 0.05) is 19.3 Å². The highest BCUT2D eigenvalue weighted by molar-refractivity contribution is 5.79. The van der Waals surface area contributed by atoms with E-state index in [1.54, 1.807) is 0 Å².